The van der Waals surface area contributed by atoms with Crippen LogP contribution in [0, 0.1) is 11.8 Å². The SMILES string of the molecule is CC=CCOC1CCC(C2CCCC(F)C2F)C(F)C1F. The average Bonchev–Trinajstić information content (AvgIpc) is 2.47. The van der Waals surface area contributed by atoms with Gasteiger partial charge in [-0.15, -0.1) is 0 Å². The molecule has 0 aromatic carbocycles. The third kappa shape index (κ3) is 3.79. The first-order chi connectivity index (χ1) is 10.1. The number of halogens is 4. The third-order valence-electron chi connectivity index (χ3n) is 4.82. The molecule has 0 aromatic heterocycles. The molecule has 0 N–H and O–H groups in total. The second kappa shape index (κ2) is 7.61. The summed E-state index contributed by atoms with van der Waals surface area (Å²) < 4.78 is 61.2. The summed E-state index contributed by atoms with van der Waals surface area (Å²) in [6, 6.07) is 0. The summed E-state index contributed by atoms with van der Waals surface area (Å²) >= 11 is 0. The van der Waals surface area contributed by atoms with Crippen molar-refractivity contribution < 1.29 is 22.3 Å². The summed E-state index contributed by atoms with van der Waals surface area (Å²) in [6.07, 6.45) is -2.05. The van der Waals surface area contributed by atoms with Gasteiger partial charge in [0.15, 0.2) is 6.17 Å². The minimum Gasteiger partial charge on any atom is -0.371 e. The lowest BCUT2D eigenvalue weighted by molar-refractivity contribution is -0.0938. The lowest BCUT2D eigenvalue weighted by Gasteiger charge is -2.41. The number of rotatable bonds is 4. The van der Waals surface area contributed by atoms with Crippen LogP contribution in [0.2, 0.25) is 0 Å². The van der Waals surface area contributed by atoms with Crippen molar-refractivity contribution in [3.63, 3.8) is 0 Å². The third-order valence-corrected chi connectivity index (χ3v) is 4.82. The van der Waals surface area contributed by atoms with Gasteiger partial charge in [0.25, 0.3) is 0 Å². The van der Waals surface area contributed by atoms with Gasteiger partial charge in [-0.25, -0.2) is 17.6 Å². The van der Waals surface area contributed by atoms with Crippen LogP contribution in [0.25, 0.3) is 0 Å². The van der Waals surface area contributed by atoms with Crippen molar-refractivity contribution in [3.05, 3.63) is 12.2 Å². The van der Waals surface area contributed by atoms with Gasteiger partial charge >= 0.3 is 0 Å². The molecule has 21 heavy (non-hydrogen) atoms. The monoisotopic (exact) mass is 308 g/mol. The maximum Gasteiger partial charge on any atom is 0.157 e. The molecular weight excluding hydrogens is 284 g/mol. The fraction of sp³-hybridized carbons (Fsp3) is 0.875. The van der Waals surface area contributed by atoms with Gasteiger partial charge in [-0.2, -0.15) is 0 Å². The van der Waals surface area contributed by atoms with Gasteiger partial charge in [0.2, 0.25) is 0 Å². The summed E-state index contributed by atoms with van der Waals surface area (Å²) in [5.74, 6) is -1.42. The first-order valence-corrected chi connectivity index (χ1v) is 7.85. The standard InChI is InChI=1S/C16H24F4O/c1-2-3-9-21-13-8-7-11(15(19)16(13)20)10-5-4-6-12(17)14(10)18/h2-3,10-16H,4-9H2,1H3. The summed E-state index contributed by atoms with van der Waals surface area (Å²) in [6.45, 7) is 2.07. The highest BCUT2D eigenvalue weighted by atomic mass is 19.2. The Morgan fingerprint density at radius 3 is 2.33 bits per heavy atom. The molecule has 0 heterocycles. The minimum absolute atomic E-state index is 0.190. The Balaban J connectivity index is 1.95. The zero-order chi connectivity index (χ0) is 15.4. The molecule has 0 bridgehead atoms. The highest BCUT2D eigenvalue weighted by molar-refractivity contribution is 4.96. The van der Waals surface area contributed by atoms with E-state index in [1.165, 1.54) is 0 Å². The van der Waals surface area contributed by atoms with Crippen LogP contribution < -0.4 is 0 Å². The molecule has 7 unspecified atom stereocenters. The lowest BCUT2D eigenvalue weighted by Crippen LogP contribution is -2.49. The van der Waals surface area contributed by atoms with E-state index in [0.717, 1.165) is 0 Å². The average molecular weight is 308 g/mol. The quantitative estimate of drug-likeness (QED) is 0.548. The normalized spacial score (nSPS) is 45.1. The van der Waals surface area contributed by atoms with E-state index in [1.54, 1.807) is 12.2 Å². The summed E-state index contributed by atoms with van der Waals surface area (Å²) in [4.78, 5) is 0. The van der Waals surface area contributed by atoms with E-state index in [9.17, 15) is 17.6 Å². The second-order valence-corrected chi connectivity index (χ2v) is 6.13. The first kappa shape index (κ1) is 16.8. The number of allylic oxidation sites excluding steroid dienone is 1. The van der Waals surface area contributed by atoms with Crippen LogP contribution in [0.1, 0.15) is 39.0 Å². The van der Waals surface area contributed by atoms with Crippen molar-refractivity contribution in [1.29, 1.82) is 0 Å². The maximum absolute atomic E-state index is 14.3. The smallest absolute Gasteiger partial charge is 0.157 e. The predicted molar refractivity (Wildman–Crippen MR) is 74.2 cm³/mol. The lowest BCUT2D eigenvalue weighted by atomic mass is 9.70. The van der Waals surface area contributed by atoms with Gasteiger partial charge in [0, 0.05) is 0 Å². The molecule has 0 aromatic rings. The predicted octanol–water partition coefficient (Wildman–Crippen LogP) is 4.51. The molecule has 5 heteroatoms. The Labute approximate surface area is 123 Å². The van der Waals surface area contributed by atoms with Crippen molar-refractivity contribution in [2.45, 2.75) is 69.8 Å². The van der Waals surface area contributed by atoms with Gasteiger partial charge in [-0.1, -0.05) is 18.6 Å². The van der Waals surface area contributed by atoms with Crippen LogP contribution in [-0.4, -0.2) is 37.4 Å². The van der Waals surface area contributed by atoms with Crippen LogP contribution in [0.3, 0.4) is 0 Å². The molecule has 0 radical (unpaired) electrons. The number of ether oxygens (including phenoxy) is 1. The zero-order valence-electron chi connectivity index (χ0n) is 12.4. The number of hydrogen-bond acceptors (Lipinski definition) is 1. The van der Waals surface area contributed by atoms with Crippen molar-refractivity contribution in [3.8, 4) is 0 Å². The molecule has 7 atom stereocenters. The fourth-order valence-corrected chi connectivity index (χ4v) is 3.60. The second-order valence-electron chi connectivity index (χ2n) is 6.13. The van der Waals surface area contributed by atoms with E-state index in [0.29, 0.717) is 25.7 Å². The van der Waals surface area contributed by atoms with Crippen molar-refractivity contribution in [1.82, 2.24) is 0 Å². The first-order valence-electron chi connectivity index (χ1n) is 7.85. The van der Waals surface area contributed by atoms with E-state index in [2.05, 4.69) is 0 Å². The van der Waals surface area contributed by atoms with Crippen LogP contribution in [0.15, 0.2) is 12.2 Å². The van der Waals surface area contributed by atoms with Crippen molar-refractivity contribution in [2.24, 2.45) is 11.8 Å². The Morgan fingerprint density at radius 1 is 0.905 bits per heavy atom. The maximum atomic E-state index is 14.3. The Kier molecular flexibility index (Phi) is 6.08. The number of alkyl halides is 4. The summed E-state index contributed by atoms with van der Waals surface area (Å²) in [7, 11) is 0. The molecule has 0 spiro atoms. The fourth-order valence-electron chi connectivity index (χ4n) is 3.60. The largest absolute Gasteiger partial charge is 0.371 e. The molecule has 122 valence electrons. The van der Waals surface area contributed by atoms with Crippen LogP contribution in [0.5, 0.6) is 0 Å². The molecule has 2 aliphatic rings. The van der Waals surface area contributed by atoms with Crippen LogP contribution in [-0.2, 0) is 4.74 Å². The highest BCUT2D eigenvalue weighted by Crippen LogP contribution is 2.43. The van der Waals surface area contributed by atoms with E-state index >= 15 is 0 Å². The molecule has 2 fully saturated rings. The minimum atomic E-state index is -1.76. The molecule has 2 aliphatic carbocycles. The van der Waals surface area contributed by atoms with Gasteiger partial charge < -0.3 is 4.74 Å². The van der Waals surface area contributed by atoms with E-state index in [1.807, 2.05) is 6.92 Å². The van der Waals surface area contributed by atoms with Gasteiger partial charge in [0.05, 0.1) is 12.7 Å². The summed E-state index contributed by atoms with van der Waals surface area (Å²) in [5, 5.41) is 0. The number of hydrogen-bond donors (Lipinski definition) is 0. The zero-order valence-corrected chi connectivity index (χ0v) is 12.4. The molecule has 0 amide bonds. The highest BCUT2D eigenvalue weighted by Gasteiger charge is 2.48. The molecule has 0 saturated heterocycles. The Bertz CT molecular complexity index is 349. The van der Waals surface area contributed by atoms with Crippen LogP contribution >= 0.6 is 0 Å². The van der Waals surface area contributed by atoms with E-state index in [-0.39, 0.29) is 13.0 Å². The molecule has 1 nitrogen and oxygen atoms in total. The van der Waals surface area contributed by atoms with Gasteiger partial charge in [-0.3, -0.25) is 0 Å². The molecule has 2 rings (SSSR count). The summed E-state index contributed by atoms with van der Waals surface area (Å²) in [5.41, 5.74) is 0. The van der Waals surface area contributed by atoms with E-state index < -0.39 is 42.6 Å². The van der Waals surface area contributed by atoms with Crippen LogP contribution in [0.4, 0.5) is 17.6 Å². The van der Waals surface area contributed by atoms with Crippen molar-refractivity contribution >= 4 is 0 Å². The van der Waals surface area contributed by atoms with Gasteiger partial charge in [-0.05, 0) is 44.4 Å². The Hall–Kier alpha value is -0.580. The van der Waals surface area contributed by atoms with Crippen molar-refractivity contribution in [2.75, 3.05) is 6.61 Å². The topological polar surface area (TPSA) is 9.23 Å². The van der Waals surface area contributed by atoms with E-state index in [4.69, 9.17) is 4.74 Å². The molecule has 0 aliphatic heterocycles. The van der Waals surface area contributed by atoms with Gasteiger partial charge in [0.1, 0.15) is 18.5 Å². The molecular formula is C16H24F4O. The molecule has 2 saturated carbocycles. The Morgan fingerprint density at radius 2 is 1.62 bits per heavy atom.